The second-order valence-corrected chi connectivity index (χ2v) is 6.17. The smallest absolute Gasteiger partial charge is 0.320 e. The van der Waals surface area contributed by atoms with Crippen LogP contribution in [-0.2, 0) is 6.54 Å². The first-order chi connectivity index (χ1) is 11.7. The highest BCUT2D eigenvalue weighted by atomic mass is 16.5. The Balaban J connectivity index is 1.92. The highest BCUT2D eigenvalue weighted by Crippen LogP contribution is 2.27. The van der Waals surface area contributed by atoms with Crippen LogP contribution in [0.4, 0.5) is 5.82 Å². The highest BCUT2D eigenvalue weighted by molar-refractivity contribution is 5.83. The number of fused-ring (bicyclic) bond motifs is 1. The number of ether oxygens (including phenoxy) is 2. The van der Waals surface area contributed by atoms with E-state index in [2.05, 4.69) is 27.2 Å². The Bertz CT molecular complexity index is 681. The van der Waals surface area contributed by atoms with Gasteiger partial charge in [0.1, 0.15) is 0 Å². The van der Waals surface area contributed by atoms with Gasteiger partial charge in [-0.05, 0) is 38.3 Å². The van der Waals surface area contributed by atoms with E-state index in [-0.39, 0.29) is 0 Å². The van der Waals surface area contributed by atoms with Crippen molar-refractivity contribution in [2.45, 2.75) is 39.2 Å². The number of piperidine rings is 1. The summed E-state index contributed by atoms with van der Waals surface area (Å²) in [5.41, 5.74) is 7.32. The lowest BCUT2D eigenvalue weighted by molar-refractivity contribution is 0.285. The number of imidazole rings is 1. The van der Waals surface area contributed by atoms with E-state index in [0.717, 1.165) is 45.3 Å². The van der Waals surface area contributed by atoms with Crippen LogP contribution in [0.3, 0.4) is 0 Å². The molecule has 2 aromatic rings. The van der Waals surface area contributed by atoms with E-state index in [1.54, 1.807) is 7.11 Å². The number of nitrogens with one attached hydrogen (secondary N) is 1. The molecule has 1 aliphatic heterocycles. The normalized spacial score (nSPS) is 15.8. The number of unbranched alkanes of at least 4 members (excludes halogenated alkanes) is 1. The van der Waals surface area contributed by atoms with Crippen molar-refractivity contribution >= 4 is 17.0 Å². The molecule has 0 saturated carbocycles. The maximum atomic E-state index is 6.06. The van der Waals surface area contributed by atoms with E-state index in [4.69, 9.17) is 15.2 Å². The predicted octanol–water partition coefficient (Wildman–Crippen LogP) is 1.60. The third-order valence-electron chi connectivity index (χ3n) is 4.38. The van der Waals surface area contributed by atoms with Crippen molar-refractivity contribution in [3.63, 3.8) is 0 Å². The minimum absolute atomic E-state index is 0.308. The zero-order chi connectivity index (χ0) is 16.9. The average Bonchev–Trinajstić information content (AvgIpc) is 2.94. The Kier molecular flexibility index (Phi) is 5.34. The molecule has 2 aromatic heterocycles. The highest BCUT2D eigenvalue weighted by Gasteiger charge is 2.21. The van der Waals surface area contributed by atoms with Gasteiger partial charge >= 0.3 is 6.01 Å². The topological polar surface area (TPSA) is 100 Å². The minimum Gasteiger partial charge on any atom is -0.468 e. The number of rotatable bonds is 7. The van der Waals surface area contributed by atoms with E-state index in [9.17, 15) is 0 Å². The van der Waals surface area contributed by atoms with Crippen LogP contribution >= 0.6 is 0 Å². The number of nitrogen functional groups attached to an aromatic ring is 1. The van der Waals surface area contributed by atoms with Crippen LogP contribution in [0.15, 0.2) is 0 Å². The van der Waals surface area contributed by atoms with Crippen LogP contribution in [0.5, 0.6) is 12.0 Å². The Hall–Kier alpha value is -2.09. The molecule has 3 rings (SSSR count). The molecule has 1 aliphatic rings. The molecule has 0 unspecified atom stereocenters. The van der Waals surface area contributed by atoms with Crippen molar-refractivity contribution in [1.29, 1.82) is 0 Å². The third-order valence-corrected chi connectivity index (χ3v) is 4.38. The van der Waals surface area contributed by atoms with Crippen LogP contribution in [-0.4, -0.2) is 46.3 Å². The van der Waals surface area contributed by atoms with Gasteiger partial charge in [-0.1, -0.05) is 13.3 Å². The monoisotopic (exact) mass is 334 g/mol. The molecular formula is C16H26N6O2. The molecule has 0 amide bonds. The summed E-state index contributed by atoms with van der Waals surface area (Å²) in [6, 6.07) is 0.831. The fourth-order valence-corrected chi connectivity index (χ4v) is 3.00. The molecule has 0 bridgehead atoms. The summed E-state index contributed by atoms with van der Waals surface area (Å²) >= 11 is 0. The average molecular weight is 334 g/mol. The number of hydrogen-bond donors (Lipinski definition) is 2. The molecule has 8 nitrogen and oxygen atoms in total. The molecule has 132 valence electrons. The van der Waals surface area contributed by atoms with Gasteiger partial charge in [0.25, 0.3) is 6.01 Å². The van der Waals surface area contributed by atoms with Crippen LogP contribution < -0.4 is 20.5 Å². The first-order valence-corrected chi connectivity index (χ1v) is 8.64. The number of nitrogens with two attached hydrogens (primary N) is 1. The number of anilines is 1. The van der Waals surface area contributed by atoms with Gasteiger partial charge in [0.15, 0.2) is 17.0 Å². The van der Waals surface area contributed by atoms with E-state index in [1.807, 2.05) is 4.57 Å². The van der Waals surface area contributed by atoms with Crippen molar-refractivity contribution in [3.8, 4) is 12.0 Å². The van der Waals surface area contributed by atoms with E-state index in [1.165, 1.54) is 0 Å². The van der Waals surface area contributed by atoms with E-state index < -0.39 is 0 Å². The Morgan fingerprint density at radius 3 is 2.75 bits per heavy atom. The van der Waals surface area contributed by atoms with Crippen molar-refractivity contribution in [2.75, 3.05) is 32.5 Å². The molecule has 3 N–H and O–H groups in total. The summed E-state index contributed by atoms with van der Waals surface area (Å²) in [6.07, 6.45) is 4.27. The summed E-state index contributed by atoms with van der Waals surface area (Å²) in [6.45, 7) is 5.60. The zero-order valence-electron chi connectivity index (χ0n) is 14.4. The largest absolute Gasteiger partial charge is 0.468 e. The predicted molar refractivity (Wildman–Crippen MR) is 92.3 cm³/mol. The first kappa shape index (κ1) is 16.8. The van der Waals surface area contributed by atoms with Crippen molar-refractivity contribution in [3.05, 3.63) is 0 Å². The van der Waals surface area contributed by atoms with Gasteiger partial charge in [-0.3, -0.25) is 4.57 Å². The van der Waals surface area contributed by atoms with Gasteiger partial charge in [-0.2, -0.15) is 15.0 Å². The first-order valence-electron chi connectivity index (χ1n) is 8.64. The number of methoxy groups -OCH3 is 1. The van der Waals surface area contributed by atoms with Gasteiger partial charge in [0.05, 0.1) is 13.7 Å². The summed E-state index contributed by atoms with van der Waals surface area (Å²) in [4.78, 5) is 13.2. The van der Waals surface area contributed by atoms with Crippen LogP contribution in [0.25, 0.3) is 11.2 Å². The van der Waals surface area contributed by atoms with Gasteiger partial charge in [0.2, 0.25) is 0 Å². The minimum atomic E-state index is 0.308. The van der Waals surface area contributed by atoms with Gasteiger partial charge in [-0.25, -0.2) is 0 Å². The maximum Gasteiger partial charge on any atom is 0.320 e. The summed E-state index contributed by atoms with van der Waals surface area (Å²) < 4.78 is 13.1. The molecule has 1 saturated heterocycles. The third kappa shape index (κ3) is 3.53. The van der Waals surface area contributed by atoms with Crippen molar-refractivity contribution in [2.24, 2.45) is 5.92 Å². The molecule has 0 aliphatic carbocycles. The SMILES string of the molecule is CCCCOc1nc(N)c2nc(OC)n(CC3CCNCC3)c2n1. The Labute approximate surface area is 141 Å². The van der Waals surface area contributed by atoms with Crippen LogP contribution in [0.2, 0.25) is 0 Å². The Morgan fingerprint density at radius 2 is 2.04 bits per heavy atom. The number of nitrogens with zero attached hydrogens (tertiary/aromatic N) is 4. The second kappa shape index (κ2) is 7.65. The molecule has 3 heterocycles. The standard InChI is InChI=1S/C16H26N6O2/c1-3-4-9-24-15-20-13(17)12-14(21-15)22(16(19-12)23-2)10-11-5-7-18-8-6-11/h11,18H,3-10H2,1-2H3,(H2,17,20,21). The molecule has 0 aromatic carbocycles. The number of aromatic nitrogens is 4. The number of hydrogen-bond acceptors (Lipinski definition) is 7. The lowest BCUT2D eigenvalue weighted by atomic mass is 9.98. The molecule has 8 heteroatoms. The quantitative estimate of drug-likeness (QED) is 0.742. The molecule has 24 heavy (non-hydrogen) atoms. The maximum absolute atomic E-state index is 6.06. The summed E-state index contributed by atoms with van der Waals surface area (Å²) in [5, 5.41) is 3.39. The molecule has 0 radical (unpaired) electrons. The molecular weight excluding hydrogens is 308 g/mol. The van der Waals surface area contributed by atoms with E-state index in [0.29, 0.717) is 41.5 Å². The van der Waals surface area contributed by atoms with Crippen molar-refractivity contribution in [1.82, 2.24) is 24.8 Å². The van der Waals surface area contributed by atoms with Crippen molar-refractivity contribution < 1.29 is 9.47 Å². The second-order valence-electron chi connectivity index (χ2n) is 6.17. The molecule has 0 atom stereocenters. The van der Waals surface area contributed by atoms with Gasteiger partial charge < -0.3 is 20.5 Å². The Morgan fingerprint density at radius 1 is 1.25 bits per heavy atom. The molecule has 1 fully saturated rings. The van der Waals surface area contributed by atoms with Crippen LogP contribution in [0, 0.1) is 5.92 Å². The van der Waals surface area contributed by atoms with Gasteiger partial charge in [-0.15, -0.1) is 0 Å². The van der Waals surface area contributed by atoms with E-state index >= 15 is 0 Å². The molecule has 0 spiro atoms. The fourth-order valence-electron chi connectivity index (χ4n) is 3.00. The lowest BCUT2D eigenvalue weighted by Gasteiger charge is -2.23. The van der Waals surface area contributed by atoms with Gasteiger partial charge in [0, 0.05) is 6.54 Å². The summed E-state index contributed by atoms with van der Waals surface area (Å²) in [7, 11) is 1.61. The summed E-state index contributed by atoms with van der Waals surface area (Å²) in [5.74, 6) is 0.895. The van der Waals surface area contributed by atoms with Crippen LogP contribution in [0.1, 0.15) is 32.6 Å². The fraction of sp³-hybridized carbons (Fsp3) is 0.688. The lowest BCUT2D eigenvalue weighted by Crippen LogP contribution is -2.30. The zero-order valence-corrected chi connectivity index (χ0v) is 14.4.